The van der Waals surface area contributed by atoms with E-state index in [9.17, 15) is 9.59 Å². The number of terminal acetylenes is 1. The molecule has 0 aliphatic rings. The quantitative estimate of drug-likeness (QED) is 0.671. The van der Waals surface area contributed by atoms with Crippen molar-refractivity contribution in [3.8, 4) is 12.3 Å². The first-order valence-corrected chi connectivity index (χ1v) is 5.70. The maximum Gasteiger partial charge on any atom is 0.407 e. The van der Waals surface area contributed by atoms with Gasteiger partial charge in [0, 0.05) is 5.41 Å². The molecule has 0 aromatic heterocycles. The van der Waals surface area contributed by atoms with E-state index in [2.05, 4.69) is 11.2 Å². The summed E-state index contributed by atoms with van der Waals surface area (Å²) in [5, 5.41) is 2.38. The largest absolute Gasteiger partial charge is 0.449 e. The Morgan fingerprint density at radius 1 is 1.39 bits per heavy atom. The minimum atomic E-state index is -0.839. The van der Waals surface area contributed by atoms with Gasteiger partial charge in [-0.25, -0.2) is 9.59 Å². The smallest absolute Gasteiger partial charge is 0.407 e. The SMILES string of the molecule is C#CCNC(=O)OCC(C)(CCC)COC(N)=O. The Bertz CT molecular complexity index is 325. The van der Waals surface area contributed by atoms with E-state index in [-0.39, 0.29) is 19.8 Å². The molecular weight excluding hydrogens is 236 g/mol. The lowest BCUT2D eigenvalue weighted by atomic mass is 9.87. The van der Waals surface area contributed by atoms with Crippen molar-refractivity contribution < 1.29 is 19.1 Å². The van der Waals surface area contributed by atoms with Crippen LogP contribution in [-0.2, 0) is 9.47 Å². The van der Waals surface area contributed by atoms with Crippen molar-refractivity contribution in [3.05, 3.63) is 0 Å². The number of nitrogens with two attached hydrogens (primary N) is 1. The van der Waals surface area contributed by atoms with Crippen LogP contribution in [0.4, 0.5) is 9.59 Å². The molecule has 0 spiro atoms. The second-order valence-electron chi connectivity index (χ2n) is 4.30. The van der Waals surface area contributed by atoms with Crippen LogP contribution < -0.4 is 11.1 Å². The topological polar surface area (TPSA) is 90.7 Å². The molecule has 0 saturated carbocycles. The van der Waals surface area contributed by atoms with E-state index < -0.39 is 17.6 Å². The van der Waals surface area contributed by atoms with Crippen molar-refractivity contribution in [1.82, 2.24) is 5.32 Å². The molecule has 102 valence electrons. The van der Waals surface area contributed by atoms with E-state index in [1.54, 1.807) is 0 Å². The number of rotatable bonds is 7. The van der Waals surface area contributed by atoms with E-state index >= 15 is 0 Å². The molecule has 6 nitrogen and oxygen atoms in total. The number of hydrogen-bond donors (Lipinski definition) is 2. The summed E-state index contributed by atoms with van der Waals surface area (Å²) < 4.78 is 9.78. The van der Waals surface area contributed by atoms with Gasteiger partial charge in [-0.2, -0.15) is 0 Å². The summed E-state index contributed by atoms with van der Waals surface area (Å²) in [6, 6.07) is 0. The first kappa shape index (κ1) is 16.1. The van der Waals surface area contributed by atoms with Gasteiger partial charge in [0.25, 0.3) is 0 Å². The highest BCUT2D eigenvalue weighted by Crippen LogP contribution is 2.24. The average Bonchev–Trinajstić information content (AvgIpc) is 2.32. The summed E-state index contributed by atoms with van der Waals surface area (Å²) in [6.07, 6.45) is 5.18. The average molecular weight is 256 g/mol. The first-order chi connectivity index (χ1) is 8.43. The number of amides is 2. The summed E-state index contributed by atoms with van der Waals surface area (Å²) >= 11 is 0. The molecule has 0 radical (unpaired) electrons. The van der Waals surface area contributed by atoms with Gasteiger partial charge >= 0.3 is 12.2 Å². The second kappa shape index (κ2) is 8.23. The van der Waals surface area contributed by atoms with Crippen molar-refractivity contribution in [1.29, 1.82) is 0 Å². The molecule has 0 aliphatic heterocycles. The van der Waals surface area contributed by atoms with Gasteiger partial charge in [0.1, 0.15) is 13.2 Å². The Kier molecular flexibility index (Phi) is 7.36. The van der Waals surface area contributed by atoms with Gasteiger partial charge in [0.05, 0.1) is 6.54 Å². The number of alkyl carbamates (subject to hydrolysis) is 1. The number of primary amides is 1. The lowest BCUT2D eigenvalue weighted by Crippen LogP contribution is -2.35. The van der Waals surface area contributed by atoms with Gasteiger partial charge in [0.15, 0.2) is 0 Å². The maximum atomic E-state index is 11.2. The van der Waals surface area contributed by atoms with E-state index in [0.29, 0.717) is 0 Å². The number of ether oxygens (including phenoxy) is 2. The fourth-order valence-corrected chi connectivity index (χ4v) is 1.45. The lowest BCUT2D eigenvalue weighted by Gasteiger charge is -2.27. The predicted octanol–water partition coefficient (Wildman–Crippen LogP) is 1.25. The van der Waals surface area contributed by atoms with Crippen molar-refractivity contribution in [2.45, 2.75) is 26.7 Å². The van der Waals surface area contributed by atoms with E-state index in [0.717, 1.165) is 12.8 Å². The third kappa shape index (κ3) is 7.39. The maximum absolute atomic E-state index is 11.2. The lowest BCUT2D eigenvalue weighted by molar-refractivity contribution is 0.0341. The summed E-state index contributed by atoms with van der Waals surface area (Å²) in [5.41, 5.74) is 4.47. The molecule has 0 aromatic rings. The molecule has 3 N–H and O–H groups in total. The first-order valence-electron chi connectivity index (χ1n) is 5.70. The minimum absolute atomic E-state index is 0.110. The Morgan fingerprint density at radius 2 is 2.00 bits per heavy atom. The second-order valence-corrected chi connectivity index (χ2v) is 4.30. The highest BCUT2D eigenvalue weighted by atomic mass is 16.6. The summed E-state index contributed by atoms with van der Waals surface area (Å²) in [7, 11) is 0. The molecule has 1 unspecified atom stereocenters. The third-order valence-corrected chi connectivity index (χ3v) is 2.30. The van der Waals surface area contributed by atoms with Crippen LogP contribution in [0.15, 0.2) is 0 Å². The molecule has 0 rings (SSSR count). The molecule has 1 atom stereocenters. The van der Waals surface area contributed by atoms with Crippen molar-refractivity contribution >= 4 is 12.2 Å². The van der Waals surface area contributed by atoms with Gasteiger partial charge < -0.3 is 20.5 Å². The highest BCUT2D eigenvalue weighted by molar-refractivity contribution is 5.67. The van der Waals surface area contributed by atoms with Crippen LogP contribution in [0.2, 0.25) is 0 Å². The molecule has 0 fully saturated rings. The van der Waals surface area contributed by atoms with Gasteiger partial charge in [-0.1, -0.05) is 26.2 Å². The fraction of sp³-hybridized carbons (Fsp3) is 0.667. The molecule has 2 amide bonds. The Balaban J connectivity index is 4.20. The zero-order chi connectivity index (χ0) is 14.0. The summed E-state index contributed by atoms with van der Waals surface area (Å²) in [5.74, 6) is 2.26. The standard InChI is InChI=1S/C12H20N2O4/c1-4-6-12(3,8-17-10(13)15)9-18-11(16)14-7-5-2/h2H,4,6-9H2,1,3H3,(H2,13,15)(H,14,16). The van der Waals surface area contributed by atoms with Crippen molar-refractivity contribution in [2.24, 2.45) is 11.1 Å². The molecule has 18 heavy (non-hydrogen) atoms. The van der Waals surface area contributed by atoms with E-state index in [1.807, 2.05) is 13.8 Å². The van der Waals surface area contributed by atoms with Crippen LogP contribution in [0.1, 0.15) is 26.7 Å². The monoisotopic (exact) mass is 256 g/mol. The van der Waals surface area contributed by atoms with E-state index in [4.69, 9.17) is 21.6 Å². The van der Waals surface area contributed by atoms with Crippen LogP contribution in [0, 0.1) is 17.8 Å². The minimum Gasteiger partial charge on any atom is -0.449 e. The number of carbonyl (C=O) groups is 2. The Morgan fingerprint density at radius 3 is 2.50 bits per heavy atom. The summed E-state index contributed by atoms with van der Waals surface area (Å²) in [4.78, 5) is 21.8. The highest BCUT2D eigenvalue weighted by Gasteiger charge is 2.27. The van der Waals surface area contributed by atoms with Crippen molar-refractivity contribution in [3.63, 3.8) is 0 Å². The molecule has 0 bridgehead atoms. The third-order valence-electron chi connectivity index (χ3n) is 2.30. The van der Waals surface area contributed by atoms with Crippen LogP contribution >= 0.6 is 0 Å². The van der Waals surface area contributed by atoms with Gasteiger partial charge in [0.2, 0.25) is 0 Å². The van der Waals surface area contributed by atoms with Crippen LogP contribution in [-0.4, -0.2) is 31.9 Å². The Labute approximate surface area is 107 Å². The van der Waals surface area contributed by atoms with Crippen LogP contribution in [0.25, 0.3) is 0 Å². The molecule has 0 aromatic carbocycles. The normalized spacial score (nSPS) is 12.9. The molecule has 0 saturated heterocycles. The van der Waals surface area contributed by atoms with E-state index in [1.165, 1.54) is 0 Å². The fourth-order valence-electron chi connectivity index (χ4n) is 1.45. The van der Waals surface area contributed by atoms with Gasteiger partial charge in [-0.15, -0.1) is 6.42 Å². The predicted molar refractivity (Wildman–Crippen MR) is 66.7 cm³/mol. The zero-order valence-electron chi connectivity index (χ0n) is 10.8. The summed E-state index contributed by atoms with van der Waals surface area (Å²) in [6.45, 7) is 4.19. The van der Waals surface area contributed by atoms with Crippen molar-refractivity contribution in [2.75, 3.05) is 19.8 Å². The number of nitrogens with one attached hydrogen (secondary N) is 1. The number of carbonyl (C=O) groups excluding carboxylic acids is 2. The Hall–Kier alpha value is -1.90. The number of hydrogen-bond acceptors (Lipinski definition) is 4. The van der Waals surface area contributed by atoms with Crippen LogP contribution in [0.3, 0.4) is 0 Å². The molecular formula is C12H20N2O4. The molecule has 0 heterocycles. The van der Waals surface area contributed by atoms with Gasteiger partial charge in [-0.05, 0) is 6.42 Å². The molecule has 0 aliphatic carbocycles. The van der Waals surface area contributed by atoms with Crippen LogP contribution in [0.5, 0.6) is 0 Å². The zero-order valence-corrected chi connectivity index (χ0v) is 10.8. The molecule has 6 heteroatoms. The van der Waals surface area contributed by atoms with Gasteiger partial charge in [-0.3, -0.25) is 0 Å².